The van der Waals surface area contributed by atoms with Crippen molar-refractivity contribution in [2.24, 2.45) is 4.99 Å². The number of hydrogen-bond donors (Lipinski definition) is 2. The van der Waals surface area contributed by atoms with Gasteiger partial charge in [0.2, 0.25) is 5.91 Å². The highest BCUT2D eigenvalue weighted by Gasteiger charge is 2.05. The first-order chi connectivity index (χ1) is 9.63. The van der Waals surface area contributed by atoms with E-state index in [1.807, 2.05) is 12.1 Å². The van der Waals surface area contributed by atoms with E-state index in [-0.39, 0.29) is 12.5 Å². The number of furan rings is 1. The summed E-state index contributed by atoms with van der Waals surface area (Å²) >= 11 is 0. The van der Waals surface area contributed by atoms with Crippen LogP contribution in [0.2, 0.25) is 0 Å². The molecule has 1 aromatic rings. The van der Waals surface area contributed by atoms with E-state index in [1.165, 1.54) is 4.90 Å². The lowest BCUT2D eigenvalue weighted by Crippen LogP contribution is -2.39. The lowest BCUT2D eigenvalue weighted by Gasteiger charge is -2.12. The molecular formula is C13H22N4O3. The number of rotatable bonds is 7. The lowest BCUT2D eigenvalue weighted by molar-refractivity contribution is -0.127. The molecule has 0 radical (unpaired) electrons. The maximum absolute atomic E-state index is 11.5. The Morgan fingerprint density at radius 2 is 2.25 bits per heavy atom. The Kier molecular flexibility index (Phi) is 7.20. The third-order valence-electron chi connectivity index (χ3n) is 2.48. The standard InChI is InChI=1S/C13H22N4O3/c1-17(2)12(18)10-16-13(14-6-8-19-3)15-9-11-5-4-7-20-11/h4-5,7H,6,8-10H2,1-3H3,(H2,14,15,16). The van der Waals surface area contributed by atoms with Gasteiger partial charge in [0, 0.05) is 27.7 Å². The van der Waals surface area contributed by atoms with E-state index in [2.05, 4.69) is 15.6 Å². The van der Waals surface area contributed by atoms with E-state index < -0.39 is 0 Å². The third-order valence-corrected chi connectivity index (χ3v) is 2.48. The largest absolute Gasteiger partial charge is 0.467 e. The summed E-state index contributed by atoms with van der Waals surface area (Å²) < 4.78 is 10.2. The number of nitrogens with one attached hydrogen (secondary N) is 2. The summed E-state index contributed by atoms with van der Waals surface area (Å²) in [5.41, 5.74) is 0. The smallest absolute Gasteiger partial charge is 0.243 e. The second-order valence-electron chi connectivity index (χ2n) is 4.31. The Hall–Kier alpha value is -2.02. The van der Waals surface area contributed by atoms with E-state index in [0.717, 1.165) is 5.76 Å². The van der Waals surface area contributed by atoms with E-state index in [1.54, 1.807) is 27.5 Å². The number of guanidine groups is 1. The van der Waals surface area contributed by atoms with Crippen LogP contribution in [0.25, 0.3) is 0 Å². The number of carbonyl (C=O) groups is 1. The number of amides is 1. The number of likely N-dealkylation sites (N-methyl/N-ethyl adjacent to an activating group) is 1. The Morgan fingerprint density at radius 1 is 1.45 bits per heavy atom. The molecule has 0 saturated heterocycles. The minimum absolute atomic E-state index is 0.0594. The monoisotopic (exact) mass is 282 g/mol. The molecule has 1 heterocycles. The van der Waals surface area contributed by atoms with Crippen molar-refractivity contribution >= 4 is 11.9 Å². The molecule has 1 rings (SSSR count). The van der Waals surface area contributed by atoms with Crippen molar-refractivity contribution < 1.29 is 13.9 Å². The van der Waals surface area contributed by atoms with Crippen LogP contribution in [0.1, 0.15) is 5.76 Å². The highest BCUT2D eigenvalue weighted by molar-refractivity contribution is 5.84. The van der Waals surface area contributed by atoms with Crippen LogP contribution in [-0.4, -0.2) is 57.7 Å². The molecule has 0 unspecified atom stereocenters. The second-order valence-corrected chi connectivity index (χ2v) is 4.31. The van der Waals surface area contributed by atoms with Crippen molar-refractivity contribution in [1.82, 2.24) is 15.5 Å². The lowest BCUT2D eigenvalue weighted by atomic mass is 10.4. The van der Waals surface area contributed by atoms with Gasteiger partial charge in [-0.15, -0.1) is 0 Å². The second kappa shape index (κ2) is 8.98. The summed E-state index contributed by atoms with van der Waals surface area (Å²) in [6, 6.07) is 3.69. The minimum Gasteiger partial charge on any atom is -0.467 e. The van der Waals surface area contributed by atoms with Crippen molar-refractivity contribution in [2.75, 3.05) is 40.9 Å². The summed E-state index contributed by atoms with van der Waals surface area (Å²) in [5.74, 6) is 1.29. The first-order valence-corrected chi connectivity index (χ1v) is 6.37. The zero-order valence-electron chi connectivity index (χ0n) is 12.2. The summed E-state index contributed by atoms with van der Waals surface area (Å²) in [6.07, 6.45) is 1.61. The molecule has 0 aliphatic rings. The van der Waals surface area contributed by atoms with Gasteiger partial charge in [0.05, 0.1) is 19.4 Å². The van der Waals surface area contributed by atoms with Crippen LogP contribution in [0.4, 0.5) is 0 Å². The molecule has 112 valence electrons. The number of ether oxygens (including phenoxy) is 1. The van der Waals surface area contributed by atoms with Crippen molar-refractivity contribution in [2.45, 2.75) is 6.54 Å². The van der Waals surface area contributed by atoms with Gasteiger partial charge in [-0.25, -0.2) is 4.99 Å². The van der Waals surface area contributed by atoms with E-state index in [0.29, 0.717) is 25.7 Å². The van der Waals surface area contributed by atoms with Crippen LogP contribution in [0, 0.1) is 0 Å². The highest BCUT2D eigenvalue weighted by Crippen LogP contribution is 1.98. The third kappa shape index (κ3) is 6.24. The van der Waals surface area contributed by atoms with E-state index in [4.69, 9.17) is 9.15 Å². The maximum Gasteiger partial charge on any atom is 0.243 e. The average molecular weight is 282 g/mol. The fourth-order valence-corrected chi connectivity index (χ4v) is 1.32. The predicted octanol–water partition coefficient (Wildman–Crippen LogP) is 0.0494. The molecule has 0 aromatic carbocycles. The normalized spacial score (nSPS) is 11.2. The van der Waals surface area contributed by atoms with E-state index in [9.17, 15) is 4.79 Å². The van der Waals surface area contributed by atoms with Crippen molar-refractivity contribution in [3.05, 3.63) is 24.2 Å². The molecule has 20 heavy (non-hydrogen) atoms. The first kappa shape index (κ1) is 16.0. The van der Waals surface area contributed by atoms with Crippen LogP contribution < -0.4 is 10.6 Å². The number of hydrogen-bond acceptors (Lipinski definition) is 4. The molecular weight excluding hydrogens is 260 g/mol. The number of methoxy groups -OCH3 is 1. The molecule has 0 bridgehead atoms. The summed E-state index contributed by atoms with van der Waals surface area (Å²) in [4.78, 5) is 17.3. The van der Waals surface area contributed by atoms with Crippen LogP contribution in [0.15, 0.2) is 27.8 Å². The average Bonchev–Trinajstić information content (AvgIpc) is 2.94. The van der Waals surface area contributed by atoms with Gasteiger partial charge in [0.25, 0.3) is 0 Å². The maximum atomic E-state index is 11.5. The van der Waals surface area contributed by atoms with E-state index >= 15 is 0 Å². The molecule has 0 saturated carbocycles. The van der Waals surface area contributed by atoms with Crippen molar-refractivity contribution in [3.63, 3.8) is 0 Å². The summed E-state index contributed by atoms with van der Waals surface area (Å²) in [6.45, 7) is 1.76. The molecule has 7 nitrogen and oxygen atoms in total. The SMILES string of the molecule is COCCNC(=NCC(=O)N(C)C)NCc1ccco1. The summed E-state index contributed by atoms with van der Waals surface area (Å²) in [5, 5.41) is 6.17. The zero-order chi connectivity index (χ0) is 14.8. The number of carbonyl (C=O) groups excluding carboxylic acids is 1. The van der Waals surface area contributed by atoms with Gasteiger partial charge in [-0.2, -0.15) is 0 Å². The van der Waals surface area contributed by atoms with Gasteiger partial charge in [-0.3, -0.25) is 4.79 Å². The van der Waals surface area contributed by atoms with Gasteiger partial charge in [-0.05, 0) is 12.1 Å². The molecule has 1 aromatic heterocycles. The van der Waals surface area contributed by atoms with Crippen LogP contribution in [0.5, 0.6) is 0 Å². The molecule has 0 aliphatic heterocycles. The number of aliphatic imine (C=N–C) groups is 1. The van der Waals surface area contributed by atoms with Gasteiger partial charge in [0.1, 0.15) is 12.3 Å². The quantitative estimate of drug-likeness (QED) is 0.420. The molecule has 1 amide bonds. The van der Waals surface area contributed by atoms with Crippen LogP contribution in [-0.2, 0) is 16.1 Å². The molecule has 0 fully saturated rings. The van der Waals surface area contributed by atoms with Crippen molar-refractivity contribution in [3.8, 4) is 0 Å². The Morgan fingerprint density at radius 3 is 2.85 bits per heavy atom. The van der Waals surface area contributed by atoms with Gasteiger partial charge >= 0.3 is 0 Å². The minimum atomic E-state index is -0.0594. The highest BCUT2D eigenvalue weighted by atomic mass is 16.5. The molecule has 7 heteroatoms. The molecule has 0 atom stereocenters. The topological polar surface area (TPSA) is 79.1 Å². The fourth-order valence-electron chi connectivity index (χ4n) is 1.32. The van der Waals surface area contributed by atoms with Crippen LogP contribution >= 0.6 is 0 Å². The molecule has 0 spiro atoms. The molecule has 0 aliphatic carbocycles. The van der Waals surface area contributed by atoms with Crippen LogP contribution in [0.3, 0.4) is 0 Å². The summed E-state index contributed by atoms with van der Waals surface area (Å²) in [7, 11) is 5.03. The first-order valence-electron chi connectivity index (χ1n) is 6.37. The fraction of sp³-hybridized carbons (Fsp3) is 0.538. The number of nitrogens with zero attached hydrogens (tertiary/aromatic N) is 2. The Balaban J connectivity index is 2.49. The van der Waals surface area contributed by atoms with Gasteiger partial charge in [0.15, 0.2) is 5.96 Å². The van der Waals surface area contributed by atoms with Gasteiger partial charge < -0.3 is 24.7 Å². The Bertz CT molecular complexity index is 415. The predicted molar refractivity (Wildman–Crippen MR) is 76.4 cm³/mol. The van der Waals surface area contributed by atoms with Crippen molar-refractivity contribution in [1.29, 1.82) is 0 Å². The Labute approximate surface area is 119 Å². The molecule has 2 N–H and O–H groups in total. The zero-order valence-corrected chi connectivity index (χ0v) is 12.2. The van der Waals surface area contributed by atoms with Gasteiger partial charge in [-0.1, -0.05) is 0 Å².